The summed E-state index contributed by atoms with van der Waals surface area (Å²) in [7, 11) is 5.40. The lowest BCUT2D eigenvalue weighted by Crippen LogP contribution is -2.38. The number of nitrogens with one attached hydrogen (secondary N) is 1. The molecule has 25 heavy (non-hydrogen) atoms. The summed E-state index contributed by atoms with van der Waals surface area (Å²) in [6.07, 6.45) is 3.82. The zero-order valence-electron chi connectivity index (χ0n) is 15.1. The Kier molecular flexibility index (Phi) is 8.53. The second-order valence-corrected chi connectivity index (χ2v) is 5.52. The summed E-state index contributed by atoms with van der Waals surface area (Å²) >= 11 is 0. The highest BCUT2D eigenvalue weighted by Crippen LogP contribution is 2.29. The van der Waals surface area contributed by atoms with Crippen LogP contribution in [0, 0.1) is 0 Å². The predicted molar refractivity (Wildman–Crippen MR) is 110 cm³/mol. The average molecular weight is 459 g/mol. The van der Waals surface area contributed by atoms with E-state index < -0.39 is 0 Å². The van der Waals surface area contributed by atoms with Crippen LogP contribution in [0.15, 0.2) is 35.6 Å². The van der Waals surface area contributed by atoms with E-state index in [2.05, 4.69) is 15.4 Å². The maximum Gasteiger partial charge on any atom is 0.194 e. The molecule has 0 bridgehead atoms. The molecule has 0 amide bonds. The average Bonchev–Trinajstić information content (AvgIpc) is 2.97. The monoisotopic (exact) mass is 459 g/mol. The first kappa shape index (κ1) is 21.1. The van der Waals surface area contributed by atoms with Gasteiger partial charge in [0.15, 0.2) is 17.5 Å². The highest BCUT2D eigenvalue weighted by atomic mass is 127. The van der Waals surface area contributed by atoms with Crippen molar-refractivity contribution in [1.82, 2.24) is 20.0 Å². The molecule has 0 radical (unpaired) electrons. The van der Waals surface area contributed by atoms with Gasteiger partial charge in [0.25, 0.3) is 0 Å². The molecule has 0 spiro atoms. The van der Waals surface area contributed by atoms with Gasteiger partial charge in [0.2, 0.25) is 0 Å². The van der Waals surface area contributed by atoms with E-state index in [-0.39, 0.29) is 29.7 Å². The Morgan fingerprint density at radius 2 is 2.20 bits per heavy atom. The number of phenolic OH excluding ortho intramolecular Hbond substituents is 1. The van der Waals surface area contributed by atoms with Crippen LogP contribution >= 0.6 is 24.0 Å². The Hall–Kier alpha value is -1.97. The van der Waals surface area contributed by atoms with Gasteiger partial charge in [0.05, 0.1) is 19.9 Å². The van der Waals surface area contributed by atoms with Gasteiger partial charge in [-0.05, 0) is 13.0 Å². The van der Waals surface area contributed by atoms with Crippen molar-refractivity contribution >= 4 is 29.9 Å². The molecule has 0 aliphatic rings. The first-order chi connectivity index (χ1) is 11.5. The number of guanidine groups is 1. The SMILES string of the molecule is CCNC(=NCc1cccc(OC)c1O)N(C)Cc1cnn(C)c1.I. The van der Waals surface area contributed by atoms with Crippen molar-refractivity contribution in [3.63, 3.8) is 0 Å². The fraction of sp³-hybridized carbons (Fsp3) is 0.412. The number of halogens is 1. The Morgan fingerprint density at radius 1 is 1.44 bits per heavy atom. The van der Waals surface area contributed by atoms with Crippen LogP contribution in [0.5, 0.6) is 11.5 Å². The number of aromatic nitrogens is 2. The number of para-hydroxylation sites is 1. The number of benzene rings is 1. The van der Waals surface area contributed by atoms with E-state index >= 15 is 0 Å². The van der Waals surface area contributed by atoms with Crippen LogP contribution in [0.25, 0.3) is 0 Å². The maximum absolute atomic E-state index is 10.2. The molecule has 138 valence electrons. The molecule has 7 nitrogen and oxygen atoms in total. The van der Waals surface area contributed by atoms with Crippen LogP contribution in [0.4, 0.5) is 0 Å². The van der Waals surface area contributed by atoms with E-state index in [0.717, 1.165) is 23.6 Å². The summed E-state index contributed by atoms with van der Waals surface area (Å²) < 4.78 is 6.91. The summed E-state index contributed by atoms with van der Waals surface area (Å²) in [5, 5.41) is 17.6. The van der Waals surface area contributed by atoms with E-state index in [1.54, 1.807) is 10.7 Å². The standard InChI is InChI=1S/C17H25N5O2.HI/c1-5-18-17(21(2)11-13-9-20-22(3)12-13)19-10-14-7-6-8-15(24-4)16(14)23;/h6-9,12,23H,5,10-11H2,1-4H3,(H,18,19);1H. The second kappa shape index (κ2) is 10.1. The van der Waals surface area contributed by atoms with Gasteiger partial charge in [-0.25, -0.2) is 4.99 Å². The summed E-state index contributed by atoms with van der Waals surface area (Å²) in [5.41, 5.74) is 1.83. The normalized spacial score (nSPS) is 11.0. The number of hydrogen-bond donors (Lipinski definition) is 2. The molecule has 0 unspecified atom stereocenters. The molecule has 0 saturated heterocycles. The van der Waals surface area contributed by atoms with Gasteiger partial charge in [0.1, 0.15) is 0 Å². The third kappa shape index (κ3) is 5.80. The lowest BCUT2D eigenvalue weighted by Gasteiger charge is -2.21. The highest BCUT2D eigenvalue weighted by Gasteiger charge is 2.10. The molecule has 2 N–H and O–H groups in total. The largest absolute Gasteiger partial charge is 0.504 e. The van der Waals surface area contributed by atoms with Gasteiger partial charge in [-0.3, -0.25) is 4.68 Å². The second-order valence-electron chi connectivity index (χ2n) is 5.52. The summed E-state index contributed by atoms with van der Waals surface area (Å²) in [6, 6.07) is 5.41. The van der Waals surface area contributed by atoms with Gasteiger partial charge < -0.3 is 20.1 Å². The van der Waals surface area contributed by atoms with E-state index in [1.807, 2.05) is 50.4 Å². The highest BCUT2D eigenvalue weighted by molar-refractivity contribution is 14.0. The molecule has 0 aliphatic heterocycles. The predicted octanol–water partition coefficient (Wildman–Crippen LogP) is 2.35. The Bertz CT molecular complexity index is 702. The molecular formula is C17H26IN5O2. The molecule has 0 saturated carbocycles. The Morgan fingerprint density at radius 3 is 2.80 bits per heavy atom. The van der Waals surface area contributed by atoms with Crippen molar-refractivity contribution in [1.29, 1.82) is 0 Å². The lowest BCUT2D eigenvalue weighted by atomic mass is 10.2. The molecule has 0 atom stereocenters. The van der Waals surface area contributed by atoms with Crippen LogP contribution < -0.4 is 10.1 Å². The van der Waals surface area contributed by atoms with Crippen molar-refractivity contribution in [2.75, 3.05) is 20.7 Å². The van der Waals surface area contributed by atoms with Crippen molar-refractivity contribution in [3.8, 4) is 11.5 Å². The number of phenols is 1. The summed E-state index contributed by atoms with van der Waals surface area (Å²) in [6.45, 7) is 3.85. The third-order valence-corrected chi connectivity index (χ3v) is 3.58. The summed E-state index contributed by atoms with van der Waals surface area (Å²) in [5.74, 6) is 1.36. The van der Waals surface area contributed by atoms with Gasteiger partial charge in [-0.1, -0.05) is 12.1 Å². The number of rotatable bonds is 6. The minimum atomic E-state index is 0. The van der Waals surface area contributed by atoms with Gasteiger partial charge in [-0.15, -0.1) is 24.0 Å². The number of aryl methyl sites for hydroxylation is 1. The minimum Gasteiger partial charge on any atom is -0.504 e. The number of aromatic hydroxyl groups is 1. The van der Waals surface area contributed by atoms with E-state index in [4.69, 9.17) is 4.74 Å². The molecule has 2 rings (SSSR count). The molecule has 1 heterocycles. The summed E-state index contributed by atoms with van der Waals surface area (Å²) in [4.78, 5) is 6.64. The number of methoxy groups -OCH3 is 1. The first-order valence-electron chi connectivity index (χ1n) is 7.87. The van der Waals surface area contributed by atoms with Crippen LogP contribution in [0.3, 0.4) is 0 Å². The number of ether oxygens (including phenoxy) is 1. The lowest BCUT2D eigenvalue weighted by molar-refractivity contribution is 0.370. The third-order valence-electron chi connectivity index (χ3n) is 3.58. The topological polar surface area (TPSA) is 74.9 Å². The van der Waals surface area contributed by atoms with Crippen LogP contribution in [0.1, 0.15) is 18.1 Å². The number of nitrogens with zero attached hydrogens (tertiary/aromatic N) is 4. The zero-order valence-corrected chi connectivity index (χ0v) is 17.4. The smallest absolute Gasteiger partial charge is 0.194 e. The van der Waals surface area contributed by atoms with Crippen LogP contribution in [-0.4, -0.2) is 46.4 Å². The van der Waals surface area contributed by atoms with Crippen molar-refractivity contribution in [2.45, 2.75) is 20.0 Å². The van der Waals surface area contributed by atoms with E-state index in [0.29, 0.717) is 18.8 Å². The molecule has 2 aromatic rings. The maximum atomic E-state index is 10.2. The molecule has 1 aromatic heterocycles. The van der Waals surface area contributed by atoms with Gasteiger partial charge in [0, 0.05) is 44.5 Å². The van der Waals surface area contributed by atoms with Gasteiger partial charge in [-0.2, -0.15) is 5.10 Å². The molecular weight excluding hydrogens is 433 g/mol. The molecule has 0 aliphatic carbocycles. The van der Waals surface area contributed by atoms with Crippen LogP contribution in [0.2, 0.25) is 0 Å². The molecule has 0 fully saturated rings. The first-order valence-corrected chi connectivity index (χ1v) is 7.87. The van der Waals surface area contributed by atoms with E-state index in [9.17, 15) is 5.11 Å². The molecule has 1 aromatic carbocycles. The van der Waals surface area contributed by atoms with E-state index in [1.165, 1.54) is 7.11 Å². The Balaban J connectivity index is 0.00000312. The number of hydrogen-bond acceptors (Lipinski definition) is 4. The fourth-order valence-electron chi connectivity index (χ4n) is 2.39. The fourth-order valence-corrected chi connectivity index (χ4v) is 2.39. The zero-order chi connectivity index (χ0) is 17.5. The van der Waals surface area contributed by atoms with Crippen LogP contribution in [-0.2, 0) is 20.1 Å². The molecule has 8 heteroatoms. The Labute approximate surface area is 165 Å². The van der Waals surface area contributed by atoms with Crippen molar-refractivity contribution in [3.05, 3.63) is 41.7 Å². The van der Waals surface area contributed by atoms with Crippen molar-refractivity contribution in [2.24, 2.45) is 12.0 Å². The van der Waals surface area contributed by atoms with Gasteiger partial charge >= 0.3 is 0 Å². The quantitative estimate of drug-likeness (QED) is 0.394. The minimum absolute atomic E-state index is 0. The van der Waals surface area contributed by atoms with Crippen molar-refractivity contribution < 1.29 is 9.84 Å². The number of aliphatic imine (C=N–C) groups is 1.